The molecule has 6 nitrogen and oxygen atoms in total. The lowest BCUT2D eigenvalue weighted by Crippen LogP contribution is -2.28. The van der Waals surface area contributed by atoms with Gasteiger partial charge in [0.2, 0.25) is 0 Å². The Morgan fingerprint density at radius 2 is 1.59 bits per heavy atom. The molecule has 0 spiro atoms. The molecule has 6 heteroatoms. The number of hydrogen-bond donors (Lipinski definition) is 0. The number of esters is 1. The molecule has 2 heterocycles. The van der Waals surface area contributed by atoms with Crippen molar-refractivity contribution in [2.75, 3.05) is 19.8 Å². The highest BCUT2D eigenvalue weighted by Gasteiger charge is 2.28. The van der Waals surface area contributed by atoms with Gasteiger partial charge in [-0.25, -0.2) is 4.79 Å². The number of carbonyl (C=O) groups excluding carboxylic acids is 1. The van der Waals surface area contributed by atoms with Crippen molar-refractivity contribution in [3.05, 3.63) is 77.9 Å². The van der Waals surface area contributed by atoms with Crippen molar-refractivity contribution < 1.29 is 19.0 Å². The van der Waals surface area contributed by atoms with Crippen LogP contribution >= 0.6 is 0 Å². The van der Waals surface area contributed by atoms with Crippen LogP contribution < -0.4 is 4.74 Å². The van der Waals surface area contributed by atoms with Crippen molar-refractivity contribution in [2.45, 2.75) is 38.7 Å². The van der Waals surface area contributed by atoms with E-state index >= 15 is 0 Å². The van der Waals surface area contributed by atoms with E-state index in [1.54, 1.807) is 6.92 Å². The van der Waals surface area contributed by atoms with Crippen LogP contribution in [0, 0.1) is 0 Å². The average Bonchev–Trinajstić information content (AvgIpc) is 3.14. The molecule has 0 fully saturated rings. The molecule has 3 aromatic rings. The van der Waals surface area contributed by atoms with E-state index in [1.807, 2.05) is 56.0 Å². The molecule has 0 radical (unpaired) electrons. The smallest absolute Gasteiger partial charge is 0.335 e. The summed E-state index contributed by atoms with van der Waals surface area (Å²) in [6.07, 6.45) is 8.28. The van der Waals surface area contributed by atoms with Crippen molar-refractivity contribution in [2.24, 2.45) is 0 Å². The quantitative estimate of drug-likeness (QED) is 0.437. The zero-order valence-corrected chi connectivity index (χ0v) is 18.5. The second-order valence-corrected chi connectivity index (χ2v) is 7.66. The summed E-state index contributed by atoms with van der Waals surface area (Å²) in [5.41, 5.74) is 5.89. The van der Waals surface area contributed by atoms with Crippen LogP contribution in [-0.4, -0.2) is 41.9 Å². The number of fused-ring (bicyclic) bond motifs is 3. The minimum Gasteiger partial charge on any atom is -0.494 e. The van der Waals surface area contributed by atoms with Gasteiger partial charge < -0.3 is 14.2 Å². The predicted octanol–water partition coefficient (Wildman–Crippen LogP) is 4.57. The standard InChI is InChI=1S/C26H28N2O4/c1-3-30-25(26(29)31-4-2)15-18-5-7-19(8-6-18)32-14-11-22-20-9-12-27-16-23(20)24-17-28-13-10-21(22)24/h5-10,12-13,16-17,22,25H,3-4,11,14-15H2,1-2H3. The second-order valence-electron chi connectivity index (χ2n) is 7.66. The first-order valence-corrected chi connectivity index (χ1v) is 11.1. The number of nitrogens with zero attached hydrogens (tertiary/aromatic N) is 2. The summed E-state index contributed by atoms with van der Waals surface area (Å²) in [6.45, 7) is 5.07. The van der Waals surface area contributed by atoms with Crippen molar-refractivity contribution in [1.82, 2.24) is 9.97 Å². The van der Waals surface area contributed by atoms with Crippen molar-refractivity contribution in [3.8, 4) is 16.9 Å². The maximum absolute atomic E-state index is 12.1. The molecule has 1 aliphatic carbocycles. The molecule has 0 amide bonds. The van der Waals surface area contributed by atoms with Gasteiger partial charge in [-0.2, -0.15) is 0 Å². The Morgan fingerprint density at radius 3 is 2.19 bits per heavy atom. The summed E-state index contributed by atoms with van der Waals surface area (Å²) in [6, 6.07) is 12.0. The lowest BCUT2D eigenvalue weighted by atomic mass is 9.95. The largest absolute Gasteiger partial charge is 0.494 e. The SMILES string of the molecule is CCOC(=O)C(Cc1ccc(OCCC2c3ccncc3-c3cnccc32)cc1)OCC. The molecule has 2 aromatic heterocycles. The van der Waals surface area contributed by atoms with Gasteiger partial charge in [-0.1, -0.05) is 12.1 Å². The third kappa shape index (κ3) is 4.81. The lowest BCUT2D eigenvalue weighted by molar-refractivity contribution is -0.156. The fraction of sp³-hybridized carbons (Fsp3) is 0.346. The summed E-state index contributed by atoms with van der Waals surface area (Å²) >= 11 is 0. The van der Waals surface area contributed by atoms with E-state index < -0.39 is 6.10 Å². The minimum absolute atomic E-state index is 0.279. The van der Waals surface area contributed by atoms with Crippen molar-refractivity contribution >= 4 is 5.97 Å². The van der Waals surface area contributed by atoms with Gasteiger partial charge in [-0.3, -0.25) is 9.97 Å². The molecule has 0 bridgehead atoms. The van der Waals surface area contributed by atoms with Gasteiger partial charge in [-0.15, -0.1) is 0 Å². The van der Waals surface area contributed by atoms with Gasteiger partial charge >= 0.3 is 5.97 Å². The molecule has 0 aliphatic heterocycles. The highest BCUT2D eigenvalue weighted by atomic mass is 16.6. The number of carbonyl (C=O) groups is 1. The highest BCUT2D eigenvalue weighted by molar-refractivity contribution is 5.77. The normalized spacial score (nSPS) is 13.3. The van der Waals surface area contributed by atoms with Crippen LogP contribution in [-0.2, 0) is 20.7 Å². The molecule has 4 rings (SSSR count). The minimum atomic E-state index is -0.585. The summed E-state index contributed by atoms with van der Waals surface area (Å²) < 4.78 is 16.7. The Kier molecular flexibility index (Phi) is 7.12. The fourth-order valence-corrected chi connectivity index (χ4v) is 4.22. The van der Waals surface area contributed by atoms with Gasteiger partial charge in [0.05, 0.1) is 13.2 Å². The van der Waals surface area contributed by atoms with E-state index in [4.69, 9.17) is 14.2 Å². The third-order valence-corrected chi connectivity index (χ3v) is 5.69. The molecule has 0 N–H and O–H groups in total. The summed E-state index contributed by atoms with van der Waals surface area (Å²) in [5, 5.41) is 0. The van der Waals surface area contributed by atoms with Crippen molar-refractivity contribution in [1.29, 1.82) is 0 Å². The van der Waals surface area contributed by atoms with Crippen LogP contribution in [0.15, 0.2) is 61.2 Å². The number of ether oxygens (including phenoxy) is 3. The molecule has 166 valence electrons. The van der Waals surface area contributed by atoms with Crippen molar-refractivity contribution in [3.63, 3.8) is 0 Å². The van der Waals surface area contributed by atoms with E-state index in [9.17, 15) is 4.79 Å². The summed E-state index contributed by atoms with van der Waals surface area (Å²) in [7, 11) is 0. The van der Waals surface area contributed by atoms with Gasteiger partial charge in [0.1, 0.15) is 5.75 Å². The van der Waals surface area contributed by atoms with E-state index in [-0.39, 0.29) is 11.9 Å². The molecule has 0 saturated carbocycles. The highest BCUT2D eigenvalue weighted by Crippen LogP contribution is 2.45. The molecule has 0 saturated heterocycles. The third-order valence-electron chi connectivity index (χ3n) is 5.69. The van der Waals surface area contributed by atoms with Crippen LogP contribution in [0.1, 0.15) is 42.9 Å². The molecule has 1 unspecified atom stereocenters. The van der Waals surface area contributed by atoms with Crippen LogP contribution in [0.25, 0.3) is 11.1 Å². The number of benzene rings is 1. The lowest BCUT2D eigenvalue weighted by Gasteiger charge is -2.16. The average molecular weight is 433 g/mol. The van der Waals surface area contributed by atoms with Gasteiger partial charge in [0, 0.05) is 54.9 Å². The number of aromatic nitrogens is 2. The molecule has 1 atom stereocenters. The number of rotatable bonds is 10. The maximum Gasteiger partial charge on any atom is 0.335 e. The van der Waals surface area contributed by atoms with Crippen LogP contribution in [0.3, 0.4) is 0 Å². The Balaban J connectivity index is 1.36. The van der Waals surface area contributed by atoms with Gasteiger partial charge in [0.25, 0.3) is 0 Å². The van der Waals surface area contributed by atoms with E-state index in [1.165, 1.54) is 11.1 Å². The first-order valence-electron chi connectivity index (χ1n) is 11.1. The van der Waals surface area contributed by atoms with E-state index in [0.29, 0.717) is 26.2 Å². The van der Waals surface area contributed by atoms with Gasteiger partial charge in [-0.05, 0) is 61.2 Å². The number of pyridine rings is 2. The zero-order valence-electron chi connectivity index (χ0n) is 18.5. The molecule has 1 aromatic carbocycles. The van der Waals surface area contributed by atoms with Gasteiger partial charge in [0.15, 0.2) is 6.10 Å². The van der Waals surface area contributed by atoms with Crippen LogP contribution in [0.2, 0.25) is 0 Å². The first kappa shape index (κ1) is 22.0. The summed E-state index contributed by atoms with van der Waals surface area (Å²) in [5.74, 6) is 0.764. The first-order chi connectivity index (χ1) is 15.7. The summed E-state index contributed by atoms with van der Waals surface area (Å²) in [4.78, 5) is 20.6. The number of hydrogen-bond acceptors (Lipinski definition) is 6. The Labute approximate surface area is 188 Å². The van der Waals surface area contributed by atoms with Crippen LogP contribution in [0.5, 0.6) is 5.75 Å². The van der Waals surface area contributed by atoms with E-state index in [2.05, 4.69) is 22.1 Å². The molecular formula is C26H28N2O4. The predicted molar refractivity (Wildman–Crippen MR) is 122 cm³/mol. The topological polar surface area (TPSA) is 70.5 Å². The second kappa shape index (κ2) is 10.4. The monoisotopic (exact) mass is 432 g/mol. The van der Waals surface area contributed by atoms with E-state index in [0.717, 1.165) is 28.9 Å². The maximum atomic E-state index is 12.1. The van der Waals surface area contributed by atoms with Crippen LogP contribution in [0.4, 0.5) is 0 Å². The fourth-order valence-electron chi connectivity index (χ4n) is 4.22. The Morgan fingerprint density at radius 1 is 0.938 bits per heavy atom. The molecule has 1 aliphatic rings. The Bertz CT molecular complexity index is 1010. The Hall–Kier alpha value is -3.25. The zero-order chi connectivity index (χ0) is 22.3. The molecular weight excluding hydrogens is 404 g/mol. The molecule has 32 heavy (non-hydrogen) atoms.